The molecule has 1 fully saturated rings. The monoisotopic (exact) mass is 302 g/mol. The maximum Gasteiger partial charge on any atom is 0.244 e. The second-order valence-corrected chi connectivity index (χ2v) is 6.80. The van der Waals surface area contributed by atoms with E-state index in [9.17, 15) is 8.42 Å². The summed E-state index contributed by atoms with van der Waals surface area (Å²) < 4.78 is 32.4. The van der Waals surface area contributed by atoms with Crippen LogP contribution in [-0.4, -0.2) is 38.4 Å². The highest BCUT2D eigenvalue weighted by atomic mass is 32.2. The van der Waals surface area contributed by atoms with Gasteiger partial charge in [0.25, 0.3) is 0 Å². The van der Waals surface area contributed by atoms with Crippen molar-refractivity contribution >= 4 is 10.0 Å². The van der Waals surface area contributed by atoms with E-state index < -0.39 is 10.0 Å². The van der Waals surface area contributed by atoms with Crippen molar-refractivity contribution < 1.29 is 13.2 Å². The van der Waals surface area contributed by atoms with Crippen molar-refractivity contribution in [2.75, 3.05) is 19.8 Å². The van der Waals surface area contributed by atoms with Gasteiger partial charge in [0.05, 0.1) is 11.4 Å². The molecule has 0 amide bonds. The highest BCUT2D eigenvalue weighted by Crippen LogP contribution is 2.28. The Morgan fingerprint density at radius 3 is 2.90 bits per heavy atom. The number of nitrogens with zero attached hydrogens (tertiary/aromatic N) is 1. The van der Waals surface area contributed by atoms with Crippen molar-refractivity contribution in [2.24, 2.45) is 11.7 Å². The molecule has 2 rings (SSSR count). The van der Waals surface area contributed by atoms with E-state index in [0.717, 1.165) is 12.5 Å². The van der Waals surface area contributed by atoms with Crippen LogP contribution in [0.25, 0.3) is 0 Å². The van der Waals surface area contributed by atoms with Crippen molar-refractivity contribution in [3.05, 3.63) is 11.4 Å². The van der Waals surface area contributed by atoms with Crippen molar-refractivity contribution in [3.8, 4) is 0 Å². The molecule has 0 spiro atoms. The smallest absolute Gasteiger partial charge is 0.244 e. The standard InChI is InChI=1S/C12H22N4O3S/c1-9-12(11(7-13)16-15-9)20(17,18)14-5-2-6-19-8-10-3-4-10/h10,14H,2-8,13H2,1H3,(H,15,16). The van der Waals surface area contributed by atoms with Crippen molar-refractivity contribution in [2.45, 2.75) is 37.6 Å². The summed E-state index contributed by atoms with van der Waals surface area (Å²) in [5.74, 6) is 0.729. The van der Waals surface area contributed by atoms with E-state index in [2.05, 4.69) is 14.9 Å². The van der Waals surface area contributed by atoms with Gasteiger partial charge in [0.15, 0.2) is 0 Å². The van der Waals surface area contributed by atoms with Crippen LogP contribution in [0, 0.1) is 12.8 Å². The van der Waals surface area contributed by atoms with Crippen LogP contribution < -0.4 is 10.5 Å². The quantitative estimate of drug-likeness (QED) is 0.567. The molecule has 1 aliphatic rings. The number of rotatable bonds is 9. The summed E-state index contributed by atoms with van der Waals surface area (Å²) in [5, 5.41) is 6.54. The molecular formula is C12H22N4O3S. The maximum atomic E-state index is 12.2. The Labute approximate surface area is 119 Å². The van der Waals surface area contributed by atoms with Gasteiger partial charge >= 0.3 is 0 Å². The van der Waals surface area contributed by atoms with Gasteiger partial charge in [0, 0.05) is 26.3 Å². The summed E-state index contributed by atoms with van der Waals surface area (Å²) in [7, 11) is -3.56. The molecular weight excluding hydrogens is 280 g/mol. The van der Waals surface area contributed by atoms with Gasteiger partial charge in [-0.3, -0.25) is 5.10 Å². The number of ether oxygens (including phenoxy) is 1. The van der Waals surface area contributed by atoms with E-state index in [-0.39, 0.29) is 11.4 Å². The van der Waals surface area contributed by atoms with Gasteiger partial charge in [0.2, 0.25) is 10.0 Å². The van der Waals surface area contributed by atoms with Gasteiger partial charge in [-0.1, -0.05) is 0 Å². The molecule has 7 nitrogen and oxygen atoms in total. The largest absolute Gasteiger partial charge is 0.381 e. The maximum absolute atomic E-state index is 12.2. The molecule has 0 saturated heterocycles. The van der Waals surface area contributed by atoms with Gasteiger partial charge in [-0.2, -0.15) is 5.10 Å². The van der Waals surface area contributed by atoms with Gasteiger partial charge < -0.3 is 10.5 Å². The first-order valence-electron chi connectivity index (χ1n) is 6.86. The minimum Gasteiger partial charge on any atom is -0.381 e. The van der Waals surface area contributed by atoms with Crippen molar-refractivity contribution in [1.29, 1.82) is 0 Å². The third kappa shape index (κ3) is 4.02. The zero-order valence-corrected chi connectivity index (χ0v) is 12.5. The van der Waals surface area contributed by atoms with Gasteiger partial charge in [-0.05, 0) is 32.1 Å². The highest BCUT2D eigenvalue weighted by molar-refractivity contribution is 7.89. The summed E-state index contributed by atoms with van der Waals surface area (Å²) in [6.07, 6.45) is 3.17. The molecule has 114 valence electrons. The summed E-state index contributed by atoms with van der Waals surface area (Å²) in [4.78, 5) is 0.166. The van der Waals surface area contributed by atoms with Gasteiger partial charge in [0.1, 0.15) is 4.90 Å². The number of aromatic amines is 1. The fraction of sp³-hybridized carbons (Fsp3) is 0.750. The molecule has 20 heavy (non-hydrogen) atoms. The van der Waals surface area contributed by atoms with E-state index in [4.69, 9.17) is 10.5 Å². The van der Waals surface area contributed by atoms with Crippen molar-refractivity contribution in [1.82, 2.24) is 14.9 Å². The Morgan fingerprint density at radius 1 is 1.50 bits per heavy atom. The molecule has 1 saturated carbocycles. The Morgan fingerprint density at radius 2 is 2.25 bits per heavy atom. The van der Waals surface area contributed by atoms with Crippen LogP contribution in [0.4, 0.5) is 0 Å². The molecule has 0 aromatic carbocycles. The lowest BCUT2D eigenvalue weighted by atomic mass is 10.4. The molecule has 0 aliphatic heterocycles. The number of sulfonamides is 1. The van der Waals surface area contributed by atoms with Gasteiger partial charge in [-0.15, -0.1) is 0 Å². The van der Waals surface area contributed by atoms with Crippen LogP contribution >= 0.6 is 0 Å². The minimum atomic E-state index is -3.56. The number of aromatic nitrogens is 2. The van der Waals surface area contributed by atoms with Crippen LogP contribution in [0.15, 0.2) is 4.90 Å². The van der Waals surface area contributed by atoms with Crippen LogP contribution in [0.2, 0.25) is 0 Å². The first kappa shape index (κ1) is 15.4. The summed E-state index contributed by atoms with van der Waals surface area (Å²) >= 11 is 0. The topological polar surface area (TPSA) is 110 Å². The molecule has 8 heteroatoms. The number of aryl methyl sites for hydroxylation is 1. The normalized spacial score (nSPS) is 15.7. The Balaban J connectivity index is 1.79. The lowest BCUT2D eigenvalue weighted by Gasteiger charge is -2.07. The fourth-order valence-electron chi connectivity index (χ4n) is 1.95. The highest BCUT2D eigenvalue weighted by Gasteiger charge is 2.23. The molecule has 1 aromatic heterocycles. The number of hydrogen-bond acceptors (Lipinski definition) is 5. The first-order chi connectivity index (χ1) is 9.54. The molecule has 0 atom stereocenters. The summed E-state index contributed by atoms with van der Waals surface area (Å²) in [6, 6.07) is 0. The third-order valence-electron chi connectivity index (χ3n) is 3.23. The molecule has 4 N–H and O–H groups in total. The molecule has 1 heterocycles. The average molecular weight is 302 g/mol. The van der Waals surface area contributed by atoms with Crippen LogP contribution in [0.3, 0.4) is 0 Å². The van der Waals surface area contributed by atoms with Gasteiger partial charge in [-0.25, -0.2) is 13.1 Å². The number of nitrogens with one attached hydrogen (secondary N) is 2. The lowest BCUT2D eigenvalue weighted by Crippen LogP contribution is -2.27. The molecule has 0 bridgehead atoms. The Kier molecular flexibility index (Phi) is 5.14. The zero-order chi connectivity index (χ0) is 14.6. The van der Waals surface area contributed by atoms with E-state index in [1.807, 2.05) is 0 Å². The molecule has 1 aliphatic carbocycles. The Hall–Kier alpha value is -0.960. The zero-order valence-electron chi connectivity index (χ0n) is 11.7. The molecule has 0 radical (unpaired) electrons. The van der Waals surface area contributed by atoms with E-state index >= 15 is 0 Å². The molecule has 1 aromatic rings. The predicted molar refractivity (Wildman–Crippen MR) is 74.6 cm³/mol. The van der Waals surface area contributed by atoms with E-state index in [0.29, 0.717) is 31.0 Å². The second-order valence-electron chi connectivity index (χ2n) is 5.10. The van der Waals surface area contributed by atoms with Crippen LogP contribution in [-0.2, 0) is 21.3 Å². The predicted octanol–water partition coefficient (Wildman–Crippen LogP) is 0.272. The summed E-state index contributed by atoms with van der Waals surface area (Å²) in [6.45, 7) is 3.48. The SMILES string of the molecule is Cc1[nH]nc(CN)c1S(=O)(=O)NCCCOCC1CC1. The van der Waals surface area contributed by atoms with E-state index in [1.165, 1.54) is 12.8 Å². The lowest BCUT2D eigenvalue weighted by molar-refractivity contribution is 0.123. The first-order valence-corrected chi connectivity index (χ1v) is 8.34. The summed E-state index contributed by atoms with van der Waals surface area (Å²) in [5.41, 5.74) is 6.36. The number of hydrogen-bond donors (Lipinski definition) is 3. The minimum absolute atomic E-state index is 0.0884. The Bertz CT molecular complexity index is 537. The molecule has 0 unspecified atom stereocenters. The fourth-order valence-corrected chi connectivity index (χ4v) is 3.40. The van der Waals surface area contributed by atoms with E-state index in [1.54, 1.807) is 6.92 Å². The number of H-pyrrole nitrogens is 1. The van der Waals surface area contributed by atoms with Crippen molar-refractivity contribution in [3.63, 3.8) is 0 Å². The third-order valence-corrected chi connectivity index (χ3v) is 4.89. The number of nitrogens with two attached hydrogens (primary N) is 1. The second kappa shape index (κ2) is 6.66. The van der Waals surface area contributed by atoms with Crippen LogP contribution in [0.5, 0.6) is 0 Å². The van der Waals surface area contributed by atoms with Crippen LogP contribution in [0.1, 0.15) is 30.7 Å². The average Bonchev–Trinajstić information content (AvgIpc) is 3.14.